The zero-order valence-corrected chi connectivity index (χ0v) is 11.9. The normalized spacial score (nSPS) is 11.4. The van der Waals surface area contributed by atoms with E-state index in [9.17, 15) is 4.39 Å². The van der Waals surface area contributed by atoms with Crippen molar-refractivity contribution < 1.29 is 4.39 Å². The standard InChI is InChI=1S/C15H16FN5/c1-10(2)17-8-11-7-12(16)9-18-15(11)21-14-6-4-3-5-13(14)19-20-21/h3-7,9-10,17H,8H2,1-2H3. The Morgan fingerprint density at radius 2 is 2.10 bits per heavy atom. The summed E-state index contributed by atoms with van der Waals surface area (Å²) >= 11 is 0. The summed E-state index contributed by atoms with van der Waals surface area (Å²) in [5.41, 5.74) is 2.38. The van der Waals surface area contributed by atoms with Crippen LogP contribution in [-0.4, -0.2) is 26.0 Å². The van der Waals surface area contributed by atoms with Gasteiger partial charge in [-0.2, -0.15) is 4.68 Å². The third-order valence-electron chi connectivity index (χ3n) is 3.16. The largest absolute Gasteiger partial charge is 0.310 e. The third kappa shape index (κ3) is 2.75. The highest BCUT2D eigenvalue weighted by atomic mass is 19.1. The van der Waals surface area contributed by atoms with E-state index in [4.69, 9.17) is 0 Å². The Morgan fingerprint density at radius 1 is 1.29 bits per heavy atom. The molecule has 2 heterocycles. The fourth-order valence-corrected chi connectivity index (χ4v) is 2.13. The van der Waals surface area contributed by atoms with Crippen molar-refractivity contribution in [2.75, 3.05) is 0 Å². The van der Waals surface area contributed by atoms with Crippen LogP contribution in [0.4, 0.5) is 4.39 Å². The van der Waals surface area contributed by atoms with Gasteiger partial charge in [0.25, 0.3) is 0 Å². The molecule has 0 saturated heterocycles. The Morgan fingerprint density at radius 3 is 2.90 bits per heavy atom. The SMILES string of the molecule is CC(C)NCc1cc(F)cnc1-n1nnc2ccccc21. The number of nitrogens with one attached hydrogen (secondary N) is 1. The molecule has 1 N–H and O–H groups in total. The van der Waals surface area contributed by atoms with E-state index in [2.05, 4.69) is 20.6 Å². The highest BCUT2D eigenvalue weighted by molar-refractivity contribution is 5.75. The van der Waals surface area contributed by atoms with Crippen molar-refractivity contribution in [3.05, 3.63) is 47.9 Å². The lowest BCUT2D eigenvalue weighted by atomic mass is 10.2. The van der Waals surface area contributed by atoms with Gasteiger partial charge in [-0.25, -0.2) is 9.37 Å². The Balaban J connectivity index is 2.09. The van der Waals surface area contributed by atoms with Crippen molar-refractivity contribution in [3.63, 3.8) is 0 Å². The van der Waals surface area contributed by atoms with Gasteiger partial charge in [0.2, 0.25) is 0 Å². The number of halogens is 1. The van der Waals surface area contributed by atoms with E-state index in [-0.39, 0.29) is 5.82 Å². The summed E-state index contributed by atoms with van der Waals surface area (Å²) in [6.45, 7) is 4.60. The van der Waals surface area contributed by atoms with E-state index in [0.717, 1.165) is 16.6 Å². The number of benzene rings is 1. The van der Waals surface area contributed by atoms with Crippen LogP contribution in [0.5, 0.6) is 0 Å². The molecule has 0 aliphatic heterocycles. The minimum absolute atomic E-state index is 0.300. The van der Waals surface area contributed by atoms with E-state index in [1.807, 2.05) is 38.1 Å². The van der Waals surface area contributed by atoms with Gasteiger partial charge < -0.3 is 5.32 Å². The molecule has 0 aliphatic rings. The zero-order valence-electron chi connectivity index (χ0n) is 11.9. The molecular formula is C15H16FN5. The van der Waals surface area contributed by atoms with Gasteiger partial charge in [0.05, 0.1) is 11.7 Å². The molecule has 1 aromatic carbocycles. The first-order valence-corrected chi connectivity index (χ1v) is 6.84. The van der Waals surface area contributed by atoms with Crippen molar-refractivity contribution in [3.8, 4) is 5.82 Å². The van der Waals surface area contributed by atoms with E-state index in [1.54, 1.807) is 4.68 Å². The minimum Gasteiger partial charge on any atom is -0.310 e. The van der Waals surface area contributed by atoms with Gasteiger partial charge in [-0.1, -0.05) is 31.2 Å². The second-order valence-corrected chi connectivity index (χ2v) is 5.16. The Labute approximate surface area is 121 Å². The van der Waals surface area contributed by atoms with Crippen LogP contribution in [0.25, 0.3) is 16.9 Å². The van der Waals surface area contributed by atoms with E-state index in [1.165, 1.54) is 12.3 Å². The van der Waals surface area contributed by atoms with Gasteiger partial charge in [-0.15, -0.1) is 5.10 Å². The first-order chi connectivity index (χ1) is 10.1. The number of pyridine rings is 1. The molecule has 0 spiro atoms. The van der Waals surface area contributed by atoms with Crippen LogP contribution < -0.4 is 5.32 Å². The van der Waals surface area contributed by atoms with Crippen LogP contribution in [-0.2, 0) is 6.54 Å². The Kier molecular flexibility index (Phi) is 3.62. The summed E-state index contributed by atoms with van der Waals surface area (Å²) in [7, 11) is 0. The molecule has 0 amide bonds. The lowest BCUT2D eigenvalue weighted by Crippen LogP contribution is -2.23. The molecule has 0 atom stereocenters. The maximum absolute atomic E-state index is 13.5. The number of aromatic nitrogens is 4. The molecule has 0 radical (unpaired) electrons. The van der Waals surface area contributed by atoms with Gasteiger partial charge in [0.15, 0.2) is 5.82 Å². The van der Waals surface area contributed by atoms with Gasteiger partial charge >= 0.3 is 0 Å². The zero-order chi connectivity index (χ0) is 14.8. The number of rotatable bonds is 4. The molecule has 6 heteroatoms. The van der Waals surface area contributed by atoms with Crippen molar-refractivity contribution in [1.29, 1.82) is 0 Å². The quantitative estimate of drug-likeness (QED) is 0.800. The van der Waals surface area contributed by atoms with Crippen molar-refractivity contribution in [1.82, 2.24) is 25.3 Å². The summed E-state index contributed by atoms with van der Waals surface area (Å²) < 4.78 is 15.1. The first-order valence-electron chi connectivity index (χ1n) is 6.84. The minimum atomic E-state index is -0.358. The molecule has 5 nitrogen and oxygen atoms in total. The van der Waals surface area contributed by atoms with E-state index >= 15 is 0 Å². The maximum Gasteiger partial charge on any atom is 0.160 e. The lowest BCUT2D eigenvalue weighted by molar-refractivity contribution is 0.573. The molecule has 3 aromatic rings. The first kappa shape index (κ1) is 13.6. The maximum atomic E-state index is 13.5. The van der Waals surface area contributed by atoms with Crippen LogP contribution in [0, 0.1) is 5.82 Å². The summed E-state index contributed by atoms with van der Waals surface area (Å²) in [4.78, 5) is 4.19. The molecule has 0 bridgehead atoms. The highest BCUT2D eigenvalue weighted by Gasteiger charge is 2.13. The summed E-state index contributed by atoms with van der Waals surface area (Å²) in [6.07, 6.45) is 1.20. The second kappa shape index (κ2) is 5.57. The van der Waals surface area contributed by atoms with Crippen LogP contribution >= 0.6 is 0 Å². The summed E-state index contributed by atoms with van der Waals surface area (Å²) in [5.74, 6) is 0.238. The molecular weight excluding hydrogens is 269 g/mol. The smallest absolute Gasteiger partial charge is 0.160 e. The van der Waals surface area contributed by atoms with E-state index in [0.29, 0.717) is 18.4 Å². The van der Waals surface area contributed by atoms with Gasteiger partial charge in [0.1, 0.15) is 11.3 Å². The second-order valence-electron chi connectivity index (χ2n) is 5.16. The Bertz CT molecular complexity index is 766. The number of para-hydroxylation sites is 1. The number of nitrogens with zero attached hydrogens (tertiary/aromatic N) is 4. The average molecular weight is 285 g/mol. The molecule has 0 unspecified atom stereocenters. The van der Waals surface area contributed by atoms with Crippen molar-refractivity contribution in [2.45, 2.75) is 26.4 Å². The molecule has 0 fully saturated rings. The van der Waals surface area contributed by atoms with Crippen molar-refractivity contribution >= 4 is 11.0 Å². The summed E-state index contributed by atoms with van der Waals surface area (Å²) in [6, 6.07) is 9.40. The highest BCUT2D eigenvalue weighted by Crippen LogP contribution is 2.18. The molecule has 0 aliphatic carbocycles. The molecule has 0 saturated carbocycles. The predicted octanol–water partition coefficient (Wildman–Crippen LogP) is 2.45. The fraction of sp³-hybridized carbons (Fsp3) is 0.267. The van der Waals surface area contributed by atoms with Gasteiger partial charge in [0, 0.05) is 18.2 Å². The molecule has 108 valence electrons. The number of hydrogen-bond acceptors (Lipinski definition) is 4. The predicted molar refractivity (Wildman–Crippen MR) is 78.6 cm³/mol. The fourth-order valence-electron chi connectivity index (χ4n) is 2.13. The number of fused-ring (bicyclic) bond motifs is 1. The van der Waals surface area contributed by atoms with Crippen LogP contribution in [0.1, 0.15) is 19.4 Å². The van der Waals surface area contributed by atoms with Gasteiger partial charge in [-0.05, 0) is 18.2 Å². The van der Waals surface area contributed by atoms with Crippen LogP contribution in [0.2, 0.25) is 0 Å². The van der Waals surface area contributed by atoms with Gasteiger partial charge in [-0.3, -0.25) is 0 Å². The van der Waals surface area contributed by atoms with Crippen molar-refractivity contribution in [2.24, 2.45) is 0 Å². The summed E-state index contributed by atoms with van der Waals surface area (Å²) in [5, 5.41) is 11.5. The topological polar surface area (TPSA) is 55.6 Å². The Hall–Kier alpha value is -2.34. The van der Waals surface area contributed by atoms with E-state index < -0.39 is 0 Å². The molecule has 2 aromatic heterocycles. The van der Waals surface area contributed by atoms with Crippen LogP contribution in [0.3, 0.4) is 0 Å². The lowest BCUT2D eigenvalue weighted by Gasteiger charge is -2.12. The third-order valence-corrected chi connectivity index (χ3v) is 3.16. The molecule has 3 rings (SSSR count). The number of hydrogen-bond donors (Lipinski definition) is 1. The monoisotopic (exact) mass is 285 g/mol. The average Bonchev–Trinajstić information content (AvgIpc) is 2.89. The molecule has 21 heavy (non-hydrogen) atoms. The van der Waals surface area contributed by atoms with Crippen LogP contribution in [0.15, 0.2) is 36.5 Å².